The van der Waals surface area contributed by atoms with Crippen molar-refractivity contribution in [1.29, 1.82) is 0 Å². The Morgan fingerprint density at radius 2 is 2.00 bits per heavy atom. The molecule has 0 saturated carbocycles. The molecule has 0 spiro atoms. The first-order chi connectivity index (χ1) is 8.98. The number of rotatable bonds is 4. The Hall–Kier alpha value is -0.130. The van der Waals surface area contributed by atoms with Crippen molar-refractivity contribution in [2.45, 2.75) is 64.1 Å². The molecule has 5 heteroatoms. The molecular weight excluding hydrogens is 260 g/mol. The van der Waals surface area contributed by atoms with Gasteiger partial charge in [-0.3, -0.25) is 4.90 Å². The van der Waals surface area contributed by atoms with Crippen LogP contribution in [0.3, 0.4) is 0 Å². The zero-order valence-electron chi connectivity index (χ0n) is 12.3. The van der Waals surface area contributed by atoms with E-state index in [-0.39, 0.29) is 6.04 Å². The lowest BCUT2D eigenvalue weighted by Gasteiger charge is -2.40. The maximum Gasteiger partial charge on any atom is 0.151 e. The highest BCUT2D eigenvalue weighted by Crippen LogP contribution is 2.21. The fourth-order valence-corrected chi connectivity index (χ4v) is 5.09. The van der Waals surface area contributed by atoms with E-state index in [9.17, 15) is 8.42 Å². The van der Waals surface area contributed by atoms with Gasteiger partial charge in [0.25, 0.3) is 0 Å². The molecule has 2 heterocycles. The molecule has 2 unspecified atom stereocenters. The molecule has 0 aliphatic carbocycles. The van der Waals surface area contributed by atoms with Gasteiger partial charge in [-0.1, -0.05) is 6.42 Å². The van der Waals surface area contributed by atoms with E-state index in [0.29, 0.717) is 23.6 Å². The van der Waals surface area contributed by atoms with Crippen molar-refractivity contribution in [3.05, 3.63) is 0 Å². The highest BCUT2D eigenvalue weighted by molar-refractivity contribution is 7.91. The molecule has 2 aliphatic heterocycles. The quantitative estimate of drug-likeness (QED) is 0.850. The zero-order valence-corrected chi connectivity index (χ0v) is 13.1. The van der Waals surface area contributed by atoms with Crippen molar-refractivity contribution in [2.75, 3.05) is 24.6 Å². The van der Waals surface area contributed by atoms with Gasteiger partial charge in [0.05, 0.1) is 11.5 Å². The maximum atomic E-state index is 11.8. The van der Waals surface area contributed by atoms with Crippen LogP contribution in [-0.2, 0) is 9.84 Å². The lowest BCUT2D eigenvalue weighted by molar-refractivity contribution is 0.130. The molecule has 112 valence electrons. The molecule has 2 fully saturated rings. The molecule has 4 nitrogen and oxygen atoms in total. The Labute approximate surface area is 117 Å². The lowest BCUT2D eigenvalue weighted by atomic mass is 10.0. The summed E-state index contributed by atoms with van der Waals surface area (Å²) in [7, 11) is -2.81. The van der Waals surface area contributed by atoms with E-state index in [4.69, 9.17) is 0 Å². The summed E-state index contributed by atoms with van der Waals surface area (Å²) in [5.74, 6) is 0.745. The standard InChI is InChI=1S/C14H28N2O2S/c1-12(2)16(10-13-6-3-4-8-15-13)14-7-5-9-19(17,18)11-14/h12-15H,3-11H2,1-2H3. The van der Waals surface area contributed by atoms with Gasteiger partial charge in [-0.05, 0) is 46.1 Å². The zero-order chi connectivity index (χ0) is 13.9. The first-order valence-electron chi connectivity index (χ1n) is 7.67. The Balaban J connectivity index is 1.98. The number of hydrogen-bond donors (Lipinski definition) is 1. The van der Waals surface area contributed by atoms with E-state index in [2.05, 4.69) is 24.1 Å². The molecule has 0 aromatic heterocycles. The Morgan fingerprint density at radius 1 is 1.21 bits per heavy atom. The smallest absolute Gasteiger partial charge is 0.151 e. The number of piperidine rings is 1. The topological polar surface area (TPSA) is 49.4 Å². The molecular formula is C14H28N2O2S. The Morgan fingerprint density at radius 3 is 2.58 bits per heavy atom. The first-order valence-corrected chi connectivity index (χ1v) is 9.49. The van der Waals surface area contributed by atoms with Gasteiger partial charge in [-0.15, -0.1) is 0 Å². The number of hydrogen-bond acceptors (Lipinski definition) is 4. The fraction of sp³-hybridized carbons (Fsp3) is 1.00. The third-order valence-corrected chi connectivity index (χ3v) is 6.22. The molecule has 0 amide bonds. The van der Waals surface area contributed by atoms with E-state index in [1.165, 1.54) is 19.3 Å². The second-order valence-electron chi connectivity index (χ2n) is 6.35. The minimum Gasteiger partial charge on any atom is -0.313 e. The van der Waals surface area contributed by atoms with Gasteiger partial charge >= 0.3 is 0 Å². The number of sulfone groups is 1. The number of nitrogens with one attached hydrogen (secondary N) is 1. The van der Waals surface area contributed by atoms with Crippen LogP contribution >= 0.6 is 0 Å². The van der Waals surface area contributed by atoms with Crippen molar-refractivity contribution in [3.8, 4) is 0 Å². The SMILES string of the molecule is CC(C)N(CC1CCCCN1)C1CCCS(=O)(=O)C1. The van der Waals surface area contributed by atoms with Crippen LogP contribution in [0, 0.1) is 0 Å². The second kappa shape index (κ2) is 6.55. The van der Waals surface area contributed by atoms with Crippen molar-refractivity contribution in [1.82, 2.24) is 10.2 Å². The van der Waals surface area contributed by atoms with Crippen LogP contribution in [0.4, 0.5) is 0 Å². The van der Waals surface area contributed by atoms with E-state index < -0.39 is 9.84 Å². The van der Waals surface area contributed by atoms with E-state index in [1.807, 2.05) is 0 Å². The summed E-state index contributed by atoms with van der Waals surface area (Å²) in [4.78, 5) is 2.42. The van der Waals surface area contributed by atoms with Gasteiger partial charge < -0.3 is 5.32 Å². The van der Waals surface area contributed by atoms with Crippen LogP contribution in [0.2, 0.25) is 0 Å². The van der Waals surface area contributed by atoms with Gasteiger partial charge in [0.1, 0.15) is 0 Å². The van der Waals surface area contributed by atoms with Gasteiger partial charge in [0, 0.05) is 24.7 Å². The maximum absolute atomic E-state index is 11.8. The largest absolute Gasteiger partial charge is 0.313 e. The summed E-state index contributed by atoms with van der Waals surface area (Å²) < 4.78 is 23.7. The van der Waals surface area contributed by atoms with Crippen LogP contribution < -0.4 is 5.32 Å². The lowest BCUT2D eigenvalue weighted by Crippen LogP contribution is -2.53. The van der Waals surface area contributed by atoms with Gasteiger partial charge in [0.2, 0.25) is 0 Å². The van der Waals surface area contributed by atoms with Crippen LogP contribution in [0.15, 0.2) is 0 Å². The van der Waals surface area contributed by atoms with Gasteiger partial charge in [-0.2, -0.15) is 0 Å². The summed E-state index contributed by atoms with van der Waals surface area (Å²) >= 11 is 0. The fourth-order valence-electron chi connectivity index (χ4n) is 3.38. The summed E-state index contributed by atoms with van der Waals surface area (Å²) in [6.45, 7) is 6.48. The average Bonchev–Trinajstić information content (AvgIpc) is 2.35. The predicted molar refractivity (Wildman–Crippen MR) is 79.2 cm³/mol. The Kier molecular flexibility index (Phi) is 5.26. The summed E-state index contributed by atoms with van der Waals surface area (Å²) in [6.07, 6.45) is 5.66. The first kappa shape index (κ1) is 15.3. The molecule has 19 heavy (non-hydrogen) atoms. The molecule has 2 saturated heterocycles. The normalized spacial score (nSPS) is 31.8. The molecule has 2 rings (SSSR count). The van der Waals surface area contributed by atoms with Crippen LogP contribution in [-0.4, -0.2) is 56.0 Å². The predicted octanol–water partition coefficient (Wildman–Crippen LogP) is 1.42. The summed E-state index contributed by atoms with van der Waals surface area (Å²) in [5.41, 5.74) is 0. The minimum atomic E-state index is -2.81. The molecule has 2 aliphatic rings. The molecule has 1 N–H and O–H groups in total. The van der Waals surface area contributed by atoms with Crippen LogP contribution in [0.5, 0.6) is 0 Å². The van der Waals surface area contributed by atoms with Crippen molar-refractivity contribution in [3.63, 3.8) is 0 Å². The average molecular weight is 288 g/mol. The van der Waals surface area contributed by atoms with E-state index in [0.717, 1.165) is 25.9 Å². The summed E-state index contributed by atoms with van der Waals surface area (Å²) in [5, 5.41) is 3.57. The molecule has 2 atom stereocenters. The Bertz CT molecular complexity index is 375. The van der Waals surface area contributed by atoms with Crippen LogP contribution in [0.25, 0.3) is 0 Å². The monoisotopic (exact) mass is 288 g/mol. The van der Waals surface area contributed by atoms with Crippen molar-refractivity contribution in [2.24, 2.45) is 0 Å². The number of nitrogens with zero attached hydrogens (tertiary/aromatic N) is 1. The van der Waals surface area contributed by atoms with E-state index in [1.54, 1.807) is 0 Å². The van der Waals surface area contributed by atoms with Gasteiger partial charge in [0.15, 0.2) is 9.84 Å². The molecule has 0 aromatic carbocycles. The van der Waals surface area contributed by atoms with Crippen LogP contribution in [0.1, 0.15) is 46.0 Å². The second-order valence-corrected chi connectivity index (χ2v) is 8.58. The minimum absolute atomic E-state index is 0.225. The molecule has 0 aromatic rings. The highest BCUT2D eigenvalue weighted by atomic mass is 32.2. The van der Waals surface area contributed by atoms with Crippen molar-refractivity contribution >= 4 is 9.84 Å². The molecule has 0 bridgehead atoms. The van der Waals surface area contributed by atoms with Crippen molar-refractivity contribution < 1.29 is 8.42 Å². The third-order valence-electron chi connectivity index (χ3n) is 4.41. The van der Waals surface area contributed by atoms with E-state index >= 15 is 0 Å². The third kappa shape index (κ3) is 4.43. The van der Waals surface area contributed by atoms with Gasteiger partial charge in [-0.25, -0.2) is 8.42 Å². The summed E-state index contributed by atoms with van der Waals surface area (Å²) in [6, 6.07) is 1.19. The molecule has 0 radical (unpaired) electrons. The highest BCUT2D eigenvalue weighted by Gasteiger charge is 2.31.